The maximum atomic E-state index is 14.7. The van der Waals surface area contributed by atoms with Gasteiger partial charge in [-0.3, -0.25) is 4.90 Å². The molecule has 0 radical (unpaired) electrons. The molecule has 2 aromatic carbocycles. The number of ether oxygens (including phenoxy) is 1. The van der Waals surface area contributed by atoms with Crippen LogP contribution in [0.1, 0.15) is 39.3 Å². The van der Waals surface area contributed by atoms with Gasteiger partial charge >= 0.3 is 5.97 Å². The van der Waals surface area contributed by atoms with E-state index in [0.29, 0.717) is 43.7 Å². The van der Waals surface area contributed by atoms with Gasteiger partial charge in [0.1, 0.15) is 23.3 Å². The molecule has 1 atom stereocenters. The molecule has 0 saturated carbocycles. The van der Waals surface area contributed by atoms with Gasteiger partial charge in [0.15, 0.2) is 0 Å². The molecule has 1 N–H and O–H groups in total. The zero-order valence-corrected chi connectivity index (χ0v) is 23.7. The van der Waals surface area contributed by atoms with Crippen molar-refractivity contribution in [1.82, 2.24) is 19.4 Å². The fourth-order valence-corrected chi connectivity index (χ4v) is 6.24. The summed E-state index contributed by atoms with van der Waals surface area (Å²) in [6, 6.07) is 16.3. The molecular formula is C32H32FN7O3. The maximum absolute atomic E-state index is 14.7. The standard InChI is InChI=1S/C32H32FN7O3/c33-26-15-21(17-34)14-22-6-8-39(19-25(22)26)30-3-1-2-29(36-30)38-11-9-37(10-12-38)20-31-35-27-5-4-23(32(41)42)16-28(27)40(31)18-24-7-13-43-24/h1-5,14-16,24H,6-13,18-20H2,(H,41,42)/t24-/m0/s1. The predicted molar refractivity (Wildman–Crippen MR) is 159 cm³/mol. The highest BCUT2D eigenvalue weighted by Gasteiger charge is 2.26. The SMILES string of the molecule is N#Cc1cc(F)c2c(c1)CCN(c1cccc(N3CCN(Cc4nc5ccc(C(=O)O)cc5n4C[C@@H]4CCO4)CC3)n1)C2. The van der Waals surface area contributed by atoms with Crippen LogP contribution >= 0.6 is 0 Å². The normalized spacial score (nSPS) is 18.7. The molecule has 0 aliphatic carbocycles. The van der Waals surface area contributed by atoms with Crippen LogP contribution in [0.25, 0.3) is 11.0 Å². The largest absolute Gasteiger partial charge is 0.478 e. The quantitative estimate of drug-likeness (QED) is 0.348. The van der Waals surface area contributed by atoms with Crippen molar-refractivity contribution in [2.45, 2.75) is 38.6 Å². The lowest BCUT2D eigenvalue weighted by Gasteiger charge is -2.36. The Morgan fingerprint density at radius 1 is 1.05 bits per heavy atom. The molecular weight excluding hydrogens is 549 g/mol. The van der Waals surface area contributed by atoms with Crippen LogP contribution in [-0.2, 0) is 30.8 Å². The maximum Gasteiger partial charge on any atom is 0.335 e. The van der Waals surface area contributed by atoms with Crippen molar-refractivity contribution < 1.29 is 19.0 Å². The van der Waals surface area contributed by atoms with E-state index in [1.54, 1.807) is 24.3 Å². The topological polar surface area (TPSA) is 111 Å². The lowest BCUT2D eigenvalue weighted by molar-refractivity contribution is -0.0592. The molecule has 2 aromatic heterocycles. The summed E-state index contributed by atoms with van der Waals surface area (Å²) in [7, 11) is 0. The number of carboxylic acid groups (broad SMARTS) is 1. The molecule has 0 amide bonds. The molecule has 2 saturated heterocycles. The minimum Gasteiger partial charge on any atom is -0.478 e. The number of imidazole rings is 1. The van der Waals surface area contributed by atoms with Crippen molar-refractivity contribution in [1.29, 1.82) is 5.26 Å². The van der Waals surface area contributed by atoms with Gasteiger partial charge < -0.3 is 24.2 Å². The Kier molecular flexibility index (Phi) is 7.16. The summed E-state index contributed by atoms with van der Waals surface area (Å²) in [5, 5.41) is 18.7. The first-order valence-corrected chi connectivity index (χ1v) is 14.7. The molecule has 0 bridgehead atoms. The third-order valence-electron chi connectivity index (χ3n) is 8.78. The van der Waals surface area contributed by atoms with E-state index >= 15 is 0 Å². The molecule has 43 heavy (non-hydrogen) atoms. The molecule has 0 unspecified atom stereocenters. The van der Waals surface area contributed by atoms with Crippen LogP contribution in [-0.4, -0.2) is 75.9 Å². The van der Waals surface area contributed by atoms with Crippen LogP contribution in [0.15, 0.2) is 48.5 Å². The van der Waals surface area contributed by atoms with Crippen molar-refractivity contribution in [2.24, 2.45) is 0 Å². The van der Waals surface area contributed by atoms with E-state index in [-0.39, 0.29) is 17.5 Å². The third kappa shape index (κ3) is 5.40. The predicted octanol–water partition coefficient (Wildman–Crippen LogP) is 3.81. The number of anilines is 2. The number of hydrogen-bond acceptors (Lipinski definition) is 8. The first-order valence-electron chi connectivity index (χ1n) is 14.7. The fraction of sp³-hybridized carbons (Fsp3) is 0.375. The molecule has 2 fully saturated rings. The lowest BCUT2D eigenvalue weighted by atomic mass is 9.97. The number of nitriles is 1. The van der Waals surface area contributed by atoms with E-state index in [9.17, 15) is 19.6 Å². The average molecular weight is 582 g/mol. The summed E-state index contributed by atoms with van der Waals surface area (Å²) in [5.41, 5.74) is 3.78. The number of nitrogens with zero attached hydrogens (tertiary/aromatic N) is 7. The van der Waals surface area contributed by atoms with E-state index in [2.05, 4.69) is 19.3 Å². The number of aromatic nitrogens is 3. The molecule has 7 rings (SSSR count). The van der Waals surface area contributed by atoms with Crippen LogP contribution in [0, 0.1) is 17.1 Å². The number of fused-ring (bicyclic) bond motifs is 2. The van der Waals surface area contributed by atoms with E-state index in [4.69, 9.17) is 14.7 Å². The van der Waals surface area contributed by atoms with Crippen molar-refractivity contribution in [3.05, 3.63) is 82.4 Å². The fourth-order valence-electron chi connectivity index (χ4n) is 6.24. The number of carbonyl (C=O) groups is 1. The van der Waals surface area contributed by atoms with Gasteiger partial charge in [-0.05, 0) is 60.9 Å². The van der Waals surface area contributed by atoms with Crippen LogP contribution in [0.3, 0.4) is 0 Å². The highest BCUT2D eigenvalue weighted by Crippen LogP contribution is 2.28. The van der Waals surface area contributed by atoms with E-state index in [1.807, 2.05) is 24.3 Å². The summed E-state index contributed by atoms with van der Waals surface area (Å²) < 4.78 is 22.6. The summed E-state index contributed by atoms with van der Waals surface area (Å²) in [6.45, 7) is 6.50. The Hall–Kier alpha value is -4.53. The van der Waals surface area contributed by atoms with Gasteiger partial charge in [-0.15, -0.1) is 0 Å². The Morgan fingerprint density at radius 3 is 2.56 bits per heavy atom. The third-order valence-corrected chi connectivity index (χ3v) is 8.78. The number of piperazine rings is 1. The first kappa shape index (κ1) is 27.3. The smallest absolute Gasteiger partial charge is 0.335 e. The average Bonchev–Trinajstić information content (AvgIpc) is 3.34. The monoisotopic (exact) mass is 581 g/mol. The van der Waals surface area contributed by atoms with Crippen LogP contribution in [0.2, 0.25) is 0 Å². The van der Waals surface area contributed by atoms with Crippen LogP contribution in [0.5, 0.6) is 0 Å². The number of pyridine rings is 1. The number of halogens is 1. The van der Waals surface area contributed by atoms with Crippen LogP contribution < -0.4 is 9.80 Å². The highest BCUT2D eigenvalue weighted by molar-refractivity contribution is 5.92. The molecule has 220 valence electrons. The molecule has 5 heterocycles. The van der Waals surface area contributed by atoms with Gasteiger partial charge in [-0.1, -0.05) is 6.07 Å². The Balaban J connectivity index is 1.03. The van der Waals surface area contributed by atoms with Gasteiger partial charge in [0, 0.05) is 51.4 Å². The van der Waals surface area contributed by atoms with E-state index in [1.165, 1.54) is 6.07 Å². The molecule has 3 aliphatic heterocycles. The molecule has 3 aliphatic rings. The Bertz CT molecular complexity index is 1740. The number of rotatable bonds is 7. The van der Waals surface area contributed by atoms with Gasteiger partial charge in [-0.2, -0.15) is 5.26 Å². The number of aromatic carboxylic acids is 1. The summed E-state index contributed by atoms with van der Waals surface area (Å²) in [4.78, 5) is 28.2. The second-order valence-electron chi connectivity index (χ2n) is 11.4. The van der Waals surface area contributed by atoms with Crippen molar-refractivity contribution in [3.63, 3.8) is 0 Å². The van der Waals surface area contributed by atoms with Crippen molar-refractivity contribution in [3.8, 4) is 6.07 Å². The number of hydrogen-bond donors (Lipinski definition) is 1. The highest BCUT2D eigenvalue weighted by atomic mass is 19.1. The first-order chi connectivity index (χ1) is 20.9. The second-order valence-corrected chi connectivity index (χ2v) is 11.4. The lowest BCUT2D eigenvalue weighted by Crippen LogP contribution is -2.46. The summed E-state index contributed by atoms with van der Waals surface area (Å²) in [5.74, 6) is 1.36. The molecule has 4 aromatic rings. The Morgan fingerprint density at radius 2 is 1.84 bits per heavy atom. The van der Waals surface area contributed by atoms with Gasteiger partial charge in [0.2, 0.25) is 0 Å². The van der Waals surface area contributed by atoms with Crippen molar-refractivity contribution in [2.75, 3.05) is 49.1 Å². The van der Waals surface area contributed by atoms with E-state index < -0.39 is 5.97 Å². The molecule has 10 nitrogen and oxygen atoms in total. The summed E-state index contributed by atoms with van der Waals surface area (Å²) >= 11 is 0. The van der Waals surface area contributed by atoms with Gasteiger partial charge in [0.25, 0.3) is 0 Å². The number of benzene rings is 2. The van der Waals surface area contributed by atoms with Crippen LogP contribution in [0.4, 0.5) is 16.0 Å². The Labute approximate surface area is 248 Å². The number of carboxylic acids is 1. The second kappa shape index (κ2) is 11.3. The van der Waals surface area contributed by atoms with Gasteiger partial charge in [0.05, 0.1) is 47.4 Å². The van der Waals surface area contributed by atoms with Gasteiger partial charge in [-0.25, -0.2) is 19.2 Å². The van der Waals surface area contributed by atoms with Crippen molar-refractivity contribution >= 4 is 28.6 Å². The minimum absolute atomic E-state index is 0.125. The molecule has 11 heteroatoms. The minimum atomic E-state index is -0.948. The molecule has 0 spiro atoms. The zero-order chi connectivity index (χ0) is 29.5. The zero-order valence-electron chi connectivity index (χ0n) is 23.7. The van der Waals surface area contributed by atoms with E-state index in [0.717, 1.165) is 73.3 Å². The summed E-state index contributed by atoms with van der Waals surface area (Å²) in [6.07, 6.45) is 1.78.